The van der Waals surface area contributed by atoms with Crippen molar-refractivity contribution in [2.45, 2.75) is 25.6 Å². The van der Waals surface area contributed by atoms with Crippen LogP contribution in [0.2, 0.25) is 0 Å². The molecule has 0 spiro atoms. The minimum absolute atomic E-state index is 0.0505. The van der Waals surface area contributed by atoms with Crippen molar-refractivity contribution >= 4 is 0 Å². The van der Waals surface area contributed by atoms with Crippen LogP contribution in [0.25, 0.3) is 0 Å². The summed E-state index contributed by atoms with van der Waals surface area (Å²) in [6.45, 7) is 6.84. The molecule has 3 aromatic carbocycles. The van der Waals surface area contributed by atoms with Crippen LogP contribution in [0.5, 0.6) is 5.75 Å². The van der Waals surface area contributed by atoms with E-state index in [4.69, 9.17) is 4.74 Å². The summed E-state index contributed by atoms with van der Waals surface area (Å²) >= 11 is 0. The first kappa shape index (κ1) is 21.6. The van der Waals surface area contributed by atoms with Gasteiger partial charge in [0, 0.05) is 32.7 Å². The van der Waals surface area contributed by atoms with Crippen molar-refractivity contribution in [2.24, 2.45) is 0 Å². The third-order valence-electron chi connectivity index (χ3n) is 6.31. The molecule has 1 saturated heterocycles. The van der Waals surface area contributed by atoms with Gasteiger partial charge in [0.25, 0.3) is 0 Å². The lowest BCUT2D eigenvalue weighted by Gasteiger charge is -2.41. The highest BCUT2D eigenvalue weighted by molar-refractivity contribution is 5.32. The van der Waals surface area contributed by atoms with Gasteiger partial charge >= 0.3 is 0 Å². The van der Waals surface area contributed by atoms with E-state index in [-0.39, 0.29) is 6.04 Å². The number of nitrogens with zero attached hydrogens (tertiary/aromatic N) is 2. The summed E-state index contributed by atoms with van der Waals surface area (Å²) in [5, 5.41) is 11.5. The number of aliphatic hydroxyl groups excluding tert-OH is 1. The first-order chi connectivity index (χ1) is 15.2. The van der Waals surface area contributed by atoms with Crippen molar-refractivity contribution in [1.29, 1.82) is 0 Å². The average Bonchev–Trinajstić information content (AvgIpc) is 2.82. The van der Waals surface area contributed by atoms with Crippen molar-refractivity contribution in [3.8, 4) is 5.75 Å². The Morgan fingerprint density at radius 1 is 0.839 bits per heavy atom. The Morgan fingerprint density at radius 3 is 2.13 bits per heavy atom. The Morgan fingerprint density at radius 2 is 1.48 bits per heavy atom. The Balaban J connectivity index is 1.47. The lowest BCUT2D eigenvalue weighted by molar-refractivity contribution is 0.0146. The van der Waals surface area contributed by atoms with Crippen LogP contribution in [0.3, 0.4) is 0 Å². The van der Waals surface area contributed by atoms with E-state index < -0.39 is 6.10 Å². The molecule has 1 heterocycles. The smallest absolute Gasteiger partial charge is 0.118 e. The van der Waals surface area contributed by atoms with Crippen molar-refractivity contribution < 1.29 is 9.84 Å². The highest BCUT2D eigenvalue weighted by Gasteiger charge is 2.31. The summed E-state index contributed by atoms with van der Waals surface area (Å²) in [7, 11) is 1.70. The van der Waals surface area contributed by atoms with Gasteiger partial charge in [0.1, 0.15) is 5.75 Å². The molecule has 3 aromatic rings. The third-order valence-corrected chi connectivity index (χ3v) is 6.31. The van der Waals surface area contributed by atoms with Gasteiger partial charge in [0.15, 0.2) is 0 Å². The van der Waals surface area contributed by atoms with Crippen LogP contribution in [0, 0.1) is 6.92 Å². The fourth-order valence-electron chi connectivity index (χ4n) is 4.52. The van der Waals surface area contributed by atoms with Crippen LogP contribution in [0.1, 0.15) is 34.4 Å². The first-order valence-corrected chi connectivity index (χ1v) is 11.0. The molecule has 2 unspecified atom stereocenters. The lowest BCUT2D eigenvalue weighted by Crippen LogP contribution is -2.48. The van der Waals surface area contributed by atoms with Crippen LogP contribution >= 0.6 is 0 Å². The maximum atomic E-state index is 11.5. The van der Waals surface area contributed by atoms with Crippen LogP contribution in [-0.4, -0.2) is 48.2 Å². The number of aliphatic hydroxyl groups is 1. The standard InChI is InChI=1S/C27H32N2O2/c1-21-8-6-7-11-25(21)27(30)26(23-9-4-3-5-10-23)29-18-16-28(17-19-29)20-22-12-14-24(31-2)15-13-22/h3-15,26-27,30H,16-20H2,1-2H3. The highest BCUT2D eigenvalue weighted by Crippen LogP contribution is 2.36. The molecule has 1 aliphatic heterocycles. The van der Waals surface area contributed by atoms with E-state index in [1.807, 2.05) is 30.3 Å². The number of ether oxygens (including phenoxy) is 1. The monoisotopic (exact) mass is 416 g/mol. The van der Waals surface area contributed by atoms with Crippen molar-refractivity contribution in [1.82, 2.24) is 9.80 Å². The zero-order valence-corrected chi connectivity index (χ0v) is 18.4. The van der Waals surface area contributed by atoms with E-state index in [9.17, 15) is 5.11 Å². The van der Waals surface area contributed by atoms with E-state index in [1.165, 1.54) is 11.1 Å². The van der Waals surface area contributed by atoms with E-state index in [0.717, 1.165) is 49.6 Å². The topological polar surface area (TPSA) is 35.9 Å². The van der Waals surface area contributed by atoms with Crippen molar-refractivity contribution in [2.75, 3.05) is 33.3 Å². The third kappa shape index (κ3) is 5.16. The van der Waals surface area contributed by atoms with Gasteiger partial charge < -0.3 is 9.84 Å². The van der Waals surface area contributed by atoms with Gasteiger partial charge in [-0.1, -0.05) is 66.7 Å². The quantitative estimate of drug-likeness (QED) is 0.611. The molecule has 0 saturated carbocycles. The van der Waals surface area contributed by atoms with Gasteiger partial charge in [-0.3, -0.25) is 9.80 Å². The molecule has 2 atom stereocenters. The lowest BCUT2D eigenvalue weighted by atomic mass is 9.91. The number of hydrogen-bond donors (Lipinski definition) is 1. The second-order valence-electron chi connectivity index (χ2n) is 8.32. The van der Waals surface area contributed by atoms with E-state index in [2.05, 4.69) is 65.3 Å². The Bertz CT molecular complexity index is 950. The van der Waals surface area contributed by atoms with Gasteiger partial charge in [0.05, 0.1) is 19.3 Å². The molecular formula is C27H32N2O2. The highest BCUT2D eigenvalue weighted by atomic mass is 16.5. The van der Waals surface area contributed by atoms with Crippen molar-refractivity contribution in [3.05, 3.63) is 101 Å². The normalized spacial score (nSPS) is 17.3. The minimum atomic E-state index is -0.559. The zero-order chi connectivity index (χ0) is 21.6. The summed E-state index contributed by atoms with van der Waals surface area (Å²) in [6.07, 6.45) is -0.559. The van der Waals surface area contributed by atoms with Gasteiger partial charge in [-0.05, 0) is 41.3 Å². The van der Waals surface area contributed by atoms with Gasteiger partial charge in [-0.25, -0.2) is 0 Å². The summed E-state index contributed by atoms with van der Waals surface area (Å²) in [4.78, 5) is 4.93. The van der Waals surface area contributed by atoms with E-state index >= 15 is 0 Å². The van der Waals surface area contributed by atoms with Crippen LogP contribution in [0.15, 0.2) is 78.9 Å². The number of aryl methyl sites for hydroxylation is 1. The second-order valence-corrected chi connectivity index (χ2v) is 8.32. The first-order valence-electron chi connectivity index (χ1n) is 11.0. The van der Waals surface area contributed by atoms with Crippen LogP contribution in [-0.2, 0) is 6.54 Å². The summed E-state index contributed by atoms with van der Waals surface area (Å²) in [5.41, 5.74) is 4.61. The van der Waals surface area contributed by atoms with Gasteiger partial charge in [-0.15, -0.1) is 0 Å². The second kappa shape index (κ2) is 10.1. The number of benzene rings is 3. The average molecular weight is 417 g/mol. The van der Waals surface area contributed by atoms with E-state index in [1.54, 1.807) is 7.11 Å². The molecule has 4 heteroatoms. The summed E-state index contributed by atoms with van der Waals surface area (Å²) < 4.78 is 5.26. The largest absolute Gasteiger partial charge is 0.497 e. The molecule has 0 bridgehead atoms. The molecule has 4 nitrogen and oxygen atoms in total. The Labute approximate surface area is 185 Å². The number of piperazine rings is 1. The fourth-order valence-corrected chi connectivity index (χ4v) is 4.52. The number of rotatable bonds is 7. The van der Waals surface area contributed by atoms with Crippen LogP contribution < -0.4 is 4.74 Å². The molecule has 1 N–H and O–H groups in total. The zero-order valence-electron chi connectivity index (χ0n) is 18.4. The molecular weight excluding hydrogens is 384 g/mol. The van der Waals surface area contributed by atoms with Crippen molar-refractivity contribution in [3.63, 3.8) is 0 Å². The summed E-state index contributed by atoms with van der Waals surface area (Å²) in [5.74, 6) is 0.893. The fraction of sp³-hybridized carbons (Fsp3) is 0.333. The Kier molecular flexibility index (Phi) is 7.03. The molecule has 4 rings (SSSR count). The molecule has 162 valence electrons. The van der Waals surface area contributed by atoms with Crippen LogP contribution in [0.4, 0.5) is 0 Å². The maximum absolute atomic E-state index is 11.5. The predicted octanol–water partition coefficient (Wildman–Crippen LogP) is 4.60. The molecule has 0 amide bonds. The summed E-state index contributed by atoms with van der Waals surface area (Å²) in [6, 6.07) is 26.9. The number of methoxy groups -OCH3 is 1. The van der Waals surface area contributed by atoms with Gasteiger partial charge in [0.2, 0.25) is 0 Å². The maximum Gasteiger partial charge on any atom is 0.118 e. The molecule has 0 aromatic heterocycles. The molecule has 1 fully saturated rings. The van der Waals surface area contributed by atoms with E-state index in [0.29, 0.717) is 0 Å². The number of hydrogen-bond acceptors (Lipinski definition) is 4. The van der Waals surface area contributed by atoms with Gasteiger partial charge in [-0.2, -0.15) is 0 Å². The SMILES string of the molecule is COc1ccc(CN2CCN(C(c3ccccc3)C(O)c3ccccc3C)CC2)cc1. The predicted molar refractivity (Wildman–Crippen MR) is 125 cm³/mol. The minimum Gasteiger partial charge on any atom is -0.497 e. The molecule has 31 heavy (non-hydrogen) atoms. The Hall–Kier alpha value is -2.66. The molecule has 0 radical (unpaired) electrons. The molecule has 0 aliphatic carbocycles. The molecule has 1 aliphatic rings.